The molecule has 1 rings (SSSR count). The third kappa shape index (κ3) is 4.09. The smallest absolute Gasteiger partial charge is 0.252 e. The third-order valence-corrected chi connectivity index (χ3v) is 3.29. The molecule has 17 heavy (non-hydrogen) atoms. The van der Waals surface area contributed by atoms with Gasteiger partial charge in [0, 0.05) is 23.4 Å². The summed E-state index contributed by atoms with van der Waals surface area (Å²) in [7, 11) is 0. The molecule has 0 atom stereocenters. The second kappa shape index (κ2) is 6.12. The number of hydrogen-bond acceptors (Lipinski definition) is 3. The van der Waals surface area contributed by atoms with E-state index < -0.39 is 5.60 Å². The Morgan fingerprint density at radius 2 is 2.12 bits per heavy atom. The van der Waals surface area contributed by atoms with Crippen LogP contribution < -0.4 is 5.32 Å². The van der Waals surface area contributed by atoms with E-state index in [4.69, 9.17) is 0 Å². The van der Waals surface area contributed by atoms with Gasteiger partial charge in [-0.2, -0.15) is 0 Å². The number of hydrogen-bond donors (Lipinski definition) is 2. The van der Waals surface area contributed by atoms with Crippen molar-refractivity contribution in [1.82, 2.24) is 10.3 Å². The van der Waals surface area contributed by atoms with Gasteiger partial charge < -0.3 is 10.4 Å². The number of rotatable bonds is 5. The topological polar surface area (TPSA) is 62.2 Å². The largest absolute Gasteiger partial charge is 0.388 e. The number of pyridine rings is 1. The maximum absolute atomic E-state index is 11.8. The third-order valence-electron chi connectivity index (χ3n) is 2.86. The molecule has 4 nitrogen and oxygen atoms in total. The summed E-state index contributed by atoms with van der Waals surface area (Å²) >= 11 is 3.26. The van der Waals surface area contributed by atoms with Crippen molar-refractivity contribution >= 4 is 21.8 Å². The van der Waals surface area contributed by atoms with Crippen molar-refractivity contribution in [2.75, 3.05) is 6.54 Å². The fourth-order valence-electron chi connectivity index (χ4n) is 1.38. The molecular weight excluding hydrogens is 284 g/mol. The van der Waals surface area contributed by atoms with E-state index in [9.17, 15) is 9.90 Å². The van der Waals surface area contributed by atoms with Gasteiger partial charge in [-0.3, -0.25) is 9.78 Å². The van der Waals surface area contributed by atoms with Gasteiger partial charge in [0.1, 0.15) is 0 Å². The first kappa shape index (κ1) is 14.1. The Kier molecular flexibility index (Phi) is 5.08. The summed E-state index contributed by atoms with van der Waals surface area (Å²) in [4.78, 5) is 15.7. The molecule has 0 saturated heterocycles. The second-order valence-electron chi connectivity index (χ2n) is 4.01. The van der Waals surface area contributed by atoms with Crippen LogP contribution in [0.1, 0.15) is 37.0 Å². The molecule has 1 aromatic rings. The fraction of sp³-hybridized carbons (Fsp3) is 0.500. The van der Waals surface area contributed by atoms with Gasteiger partial charge in [0.25, 0.3) is 5.91 Å². The van der Waals surface area contributed by atoms with Gasteiger partial charge in [-0.25, -0.2) is 0 Å². The van der Waals surface area contributed by atoms with Crippen molar-refractivity contribution in [3.05, 3.63) is 28.5 Å². The Morgan fingerprint density at radius 3 is 2.65 bits per heavy atom. The number of aromatic nitrogens is 1. The number of carbonyl (C=O) groups excluding carboxylic acids is 1. The predicted octanol–water partition coefficient (Wildman–Crippen LogP) is 2.12. The summed E-state index contributed by atoms with van der Waals surface area (Å²) < 4.78 is 0.756. The van der Waals surface area contributed by atoms with Crippen molar-refractivity contribution in [2.24, 2.45) is 0 Å². The Balaban J connectivity index is 2.62. The first-order valence-electron chi connectivity index (χ1n) is 5.62. The Morgan fingerprint density at radius 1 is 1.47 bits per heavy atom. The molecule has 1 amide bonds. The summed E-state index contributed by atoms with van der Waals surface area (Å²) in [5.41, 5.74) is -0.344. The van der Waals surface area contributed by atoms with Gasteiger partial charge in [0.2, 0.25) is 0 Å². The minimum atomic E-state index is -0.824. The van der Waals surface area contributed by atoms with Crippen LogP contribution in [0.2, 0.25) is 0 Å². The van der Waals surface area contributed by atoms with E-state index in [1.165, 1.54) is 6.20 Å². The van der Waals surface area contributed by atoms with Crippen LogP contribution in [0.3, 0.4) is 0 Å². The number of carbonyl (C=O) groups is 1. The van der Waals surface area contributed by atoms with Crippen LogP contribution in [0, 0.1) is 0 Å². The lowest BCUT2D eigenvalue weighted by Crippen LogP contribution is -2.42. The summed E-state index contributed by atoms with van der Waals surface area (Å²) in [5, 5.41) is 12.8. The zero-order chi connectivity index (χ0) is 12.9. The standard InChI is InChI=1S/C12H17BrN2O2/c1-3-12(17,4-2)8-15-11(16)9-5-10(13)7-14-6-9/h5-7,17H,3-4,8H2,1-2H3,(H,15,16). The van der Waals surface area contributed by atoms with E-state index in [-0.39, 0.29) is 12.5 Å². The van der Waals surface area contributed by atoms with E-state index in [1.54, 1.807) is 12.3 Å². The highest BCUT2D eigenvalue weighted by atomic mass is 79.9. The number of nitrogens with one attached hydrogen (secondary N) is 1. The van der Waals surface area contributed by atoms with E-state index in [1.807, 2.05) is 13.8 Å². The number of nitrogens with zero attached hydrogens (tertiary/aromatic N) is 1. The summed E-state index contributed by atoms with van der Waals surface area (Å²) in [6.45, 7) is 4.05. The quantitative estimate of drug-likeness (QED) is 0.875. The van der Waals surface area contributed by atoms with Crippen molar-refractivity contribution in [2.45, 2.75) is 32.3 Å². The number of aliphatic hydroxyl groups is 1. The second-order valence-corrected chi connectivity index (χ2v) is 4.92. The lowest BCUT2D eigenvalue weighted by molar-refractivity contribution is 0.0314. The van der Waals surface area contributed by atoms with E-state index in [0.29, 0.717) is 18.4 Å². The van der Waals surface area contributed by atoms with Gasteiger partial charge in [-0.15, -0.1) is 0 Å². The summed E-state index contributed by atoms with van der Waals surface area (Å²) in [6.07, 6.45) is 4.34. The maximum Gasteiger partial charge on any atom is 0.252 e. The SMILES string of the molecule is CCC(O)(CC)CNC(=O)c1cncc(Br)c1. The van der Waals surface area contributed by atoms with Crippen molar-refractivity contribution < 1.29 is 9.90 Å². The molecule has 0 radical (unpaired) electrons. The summed E-state index contributed by atoms with van der Waals surface area (Å²) in [6, 6.07) is 1.69. The van der Waals surface area contributed by atoms with Crippen molar-refractivity contribution in [3.63, 3.8) is 0 Å². The summed E-state index contributed by atoms with van der Waals surface area (Å²) in [5.74, 6) is -0.223. The molecule has 0 unspecified atom stereocenters. The van der Waals surface area contributed by atoms with Gasteiger partial charge in [0.15, 0.2) is 0 Å². The fourth-order valence-corrected chi connectivity index (χ4v) is 1.75. The van der Waals surface area contributed by atoms with Crippen LogP contribution >= 0.6 is 15.9 Å². The molecule has 0 bridgehead atoms. The molecule has 0 spiro atoms. The molecule has 2 N–H and O–H groups in total. The van der Waals surface area contributed by atoms with Gasteiger partial charge >= 0.3 is 0 Å². The maximum atomic E-state index is 11.8. The molecule has 0 saturated carbocycles. The normalized spacial score (nSPS) is 11.3. The first-order valence-corrected chi connectivity index (χ1v) is 6.41. The molecule has 0 fully saturated rings. The zero-order valence-corrected chi connectivity index (χ0v) is 11.6. The average Bonchev–Trinajstić information content (AvgIpc) is 2.35. The Labute approximate surface area is 110 Å². The molecule has 0 aliphatic rings. The van der Waals surface area contributed by atoms with Gasteiger partial charge in [-0.05, 0) is 34.8 Å². The molecule has 94 valence electrons. The van der Waals surface area contributed by atoms with E-state index in [0.717, 1.165) is 4.47 Å². The monoisotopic (exact) mass is 300 g/mol. The molecule has 0 aromatic carbocycles. The average molecular weight is 301 g/mol. The van der Waals surface area contributed by atoms with Crippen molar-refractivity contribution in [3.8, 4) is 0 Å². The van der Waals surface area contributed by atoms with Gasteiger partial charge in [-0.1, -0.05) is 13.8 Å². The molecule has 0 aliphatic heterocycles. The lowest BCUT2D eigenvalue weighted by atomic mass is 9.97. The van der Waals surface area contributed by atoms with Crippen LogP contribution in [0.4, 0.5) is 0 Å². The molecule has 0 aliphatic carbocycles. The highest BCUT2D eigenvalue weighted by molar-refractivity contribution is 9.10. The molecule has 1 heterocycles. The Bertz CT molecular complexity index is 392. The highest BCUT2D eigenvalue weighted by Gasteiger charge is 2.23. The van der Waals surface area contributed by atoms with Crippen LogP contribution in [-0.2, 0) is 0 Å². The minimum Gasteiger partial charge on any atom is -0.388 e. The lowest BCUT2D eigenvalue weighted by Gasteiger charge is -2.25. The predicted molar refractivity (Wildman–Crippen MR) is 69.8 cm³/mol. The van der Waals surface area contributed by atoms with Crippen LogP contribution in [-0.4, -0.2) is 28.1 Å². The minimum absolute atomic E-state index is 0.223. The number of amides is 1. The van der Waals surface area contributed by atoms with Crippen LogP contribution in [0.5, 0.6) is 0 Å². The van der Waals surface area contributed by atoms with E-state index >= 15 is 0 Å². The highest BCUT2D eigenvalue weighted by Crippen LogP contribution is 2.14. The van der Waals surface area contributed by atoms with Gasteiger partial charge in [0.05, 0.1) is 11.2 Å². The Hall–Kier alpha value is -0.940. The zero-order valence-electron chi connectivity index (χ0n) is 10.0. The molecular formula is C12H17BrN2O2. The van der Waals surface area contributed by atoms with Crippen LogP contribution in [0.25, 0.3) is 0 Å². The van der Waals surface area contributed by atoms with Crippen molar-refractivity contribution in [1.29, 1.82) is 0 Å². The molecule has 1 aromatic heterocycles. The first-order chi connectivity index (χ1) is 8.00. The number of halogens is 1. The molecule has 5 heteroatoms. The van der Waals surface area contributed by atoms with E-state index in [2.05, 4.69) is 26.2 Å². The van der Waals surface area contributed by atoms with Crippen LogP contribution in [0.15, 0.2) is 22.9 Å².